The first kappa shape index (κ1) is 16.0. The second-order valence-electron chi connectivity index (χ2n) is 9.62. The molecule has 0 radical (unpaired) electrons. The number of fused-ring (bicyclic) bond motifs is 5. The van der Waals surface area contributed by atoms with E-state index in [-0.39, 0.29) is 17.5 Å². The molecule has 130 valence electrons. The average Bonchev–Trinajstić information content (AvgIpc) is 2.83. The molecule has 4 saturated carbocycles. The Hall–Kier alpha value is -0.530. The van der Waals surface area contributed by atoms with Crippen LogP contribution in [0.3, 0.4) is 0 Å². The topological polar surface area (TPSA) is 26.3 Å². The predicted molar refractivity (Wildman–Crippen MR) is 91.9 cm³/mol. The molecule has 7 atom stereocenters. The molecule has 4 aliphatic carbocycles. The highest BCUT2D eigenvalue weighted by atomic mass is 16.5. The number of carbonyl (C=O) groups is 1. The lowest BCUT2D eigenvalue weighted by molar-refractivity contribution is -0.161. The van der Waals surface area contributed by atoms with Gasteiger partial charge in [0.15, 0.2) is 0 Å². The molecule has 23 heavy (non-hydrogen) atoms. The molecule has 2 nitrogen and oxygen atoms in total. The third kappa shape index (κ3) is 2.30. The van der Waals surface area contributed by atoms with Crippen molar-refractivity contribution in [2.75, 3.05) is 0 Å². The molecule has 4 aliphatic rings. The molecule has 0 bridgehead atoms. The van der Waals surface area contributed by atoms with E-state index in [2.05, 4.69) is 13.8 Å². The number of carbonyl (C=O) groups excluding carboxylic acids is 1. The van der Waals surface area contributed by atoms with Crippen LogP contribution in [0.2, 0.25) is 0 Å². The smallest absolute Gasteiger partial charge is 0.302 e. The van der Waals surface area contributed by atoms with Crippen LogP contribution in [0.5, 0.6) is 0 Å². The fraction of sp³-hybridized carbons (Fsp3) is 0.952. The highest BCUT2D eigenvalue weighted by Gasteiger charge is 2.60. The number of hydrogen-bond donors (Lipinski definition) is 0. The molecule has 0 amide bonds. The van der Waals surface area contributed by atoms with Gasteiger partial charge in [-0.15, -0.1) is 0 Å². The van der Waals surface area contributed by atoms with E-state index in [4.69, 9.17) is 4.74 Å². The Morgan fingerprint density at radius 3 is 2.43 bits per heavy atom. The highest BCUT2D eigenvalue weighted by Crippen LogP contribution is 2.66. The van der Waals surface area contributed by atoms with E-state index in [0.717, 1.165) is 30.1 Å². The summed E-state index contributed by atoms with van der Waals surface area (Å²) in [6, 6.07) is 0. The van der Waals surface area contributed by atoms with Crippen LogP contribution in [0.4, 0.5) is 0 Å². The molecule has 0 heterocycles. The summed E-state index contributed by atoms with van der Waals surface area (Å²) in [4.78, 5) is 11.5. The quantitative estimate of drug-likeness (QED) is 0.609. The van der Waals surface area contributed by atoms with E-state index in [0.29, 0.717) is 5.41 Å². The van der Waals surface area contributed by atoms with Crippen LogP contribution in [0.1, 0.15) is 85.0 Å². The van der Waals surface area contributed by atoms with Gasteiger partial charge in [0.05, 0.1) is 0 Å². The second-order valence-corrected chi connectivity index (χ2v) is 9.62. The van der Waals surface area contributed by atoms with Gasteiger partial charge in [0.2, 0.25) is 0 Å². The minimum Gasteiger partial charge on any atom is -0.462 e. The van der Waals surface area contributed by atoms with Crippen molar-refractivity contribution in [3.05, 3.63) is 0 Å². The molecule has 0 spiro atoms. The van der Waals surface area contributed by atoms with Gasteiger partial charge in [-0.2, -0.15) is 0 Å². The number of esters is 1. The number of rotatable bonds is 1. The molecule has 4 fully saturated rings. The summed E-state index contributed by atoms with van der Waals surface area (Å²) in [6.07, 6.45) is 14.0. The molecule has 0 aromatic carbocycles. The van der Waals surface area contributed by atoms with Crippen molar-refractivity contribution in [1.29, 1.82) is 0 Å². The minimum absolute atomic E-state index is 0.0815. The zero-order chi connectivity index (χ0) is 16.2. The largest absolute Gasteiger partial charge is 0.462 e. The van der Waals surface area contributed by atoms with Gasteiger partial charge in [-0.1, -0.05) is 26.7 Å². The van der Waals surface area contributed by atoms with Crippen molar-refractivity contribution >= 4 is 5.97 Å². The van der Waals surface area contributed by atoms with Crippen LogP contribution in [0, 0.1) is 34.5 Å². The van der Waals surface area contributed by atoms with E-state index in [1.807, 2.05) is 0 Å². The van der Waals surface area contributed by atoms with E-state index >= 15 is 0 Å². The maximum absolute atomic E-state index is 11.5. The lowest BCUT2D eigenvalue weighted by atomic mass is 9.45. The van der Waals surface area contributed by atoms with Crippen molar-refractivity contribution in [2.24, 2.45) is 34.5 Å². The molecule has 0 aromatic rings. The van der Waals surface area contributed by atoms with E-state index in [1.54, 1.807) is 6.92 Å². The maximum atomic E-state index is 11.5. The van der Waals surface area contributed by atoms with E-state index in [1.165, 1.54) is 57.8 Å². The van der Waals surface area contributed by atoms with Gasteiger partial charge in [0, 0.05) is 12.3 Å². The first-order valence-electron chi connectivity index (χ1n) is 10.1. The first-order valence-corrected chi connectivity index (χ1v) is 10.1. The highest BCUT2D eigenvalue weighted by molar-refractivity contribution is 5.66. The zero-order valence-electron chi connectivity index (χ0n) is 15.3. The summed E-state index contributed by atoms with van der Waals surface area (Å²) >= 11 is 0. The Balaban J connectivity index is 1.59. The summed E-state index contributed by atoms with van der Waals surface area (Å²) in [6.45, 7) is 6.65. The van der Waals surface area contributed by atoms with Crippen molar-refractivity contribution < 1.29 is 9.53 Å². The fourth-order valence-electron chi connectivity index (χ4n) is 7.64. The normalized spacial score (nSPS) is 52.2. The number of ether oxygens (including phenoxy) is 1. The van der Waals surface area contributed by atoms with Crippen LogP contribution in [-0.2, 0) is 9.53 Å². The summed E-state index contributed by atoms with van der Waals surface area (Å²) < 4.78 is 5.76. The lowest BCUT2D eigenvalue weighted by Gasteiger charge is -2.60. The molecule has 0 N–H and O–H groups in total. The fourth-order valence-corrected chi connectivity index (χ4v) is 7.64. The van der Waals surface area contributed by atoms with Crippen LogP contribution < -0.4 is 0 Å². The Morgan fingerprint density at radius 1 is 0.870 bits per heavy atom. The Labute approximate surface area is 141 Å². The van der Waals surface area contributed by atoms with Gasteiger partial charge >= 0.3 is 5.97 Å². The third-order valence-corrected chi connectivity index (χ3v) is 8.80. The van der Waals surface area contributed by atoms with Crippen LogP contribution in [0.25, 0.3) is 0 Å². The molecule has 0 saturated heterocycles. The number of hydrogen-bond acceptors (Lipinski definition) is 2. The summed E-state index contributed by atoms with van der Waals surface area (Å²) in [7, 11) is 0. The van der Waals surface area contributed by atoms with Gasteiger partial charge in [-0.25, -0.2) is 0 Å². The van der Waals surface area contributed by atoms with Crippen LogP contribution in [0.15, 0.2) is 0 Å². The summed E-state index contributed by atoms with van der Waals surface area (Å²) in [5.41, 5.74) is 0.868. The molecule has 2 heteroatoms. The molecular formula is C21H34O2. The zero-order valence-corrected chi connectivity index (χ0v) is 15.3. The minimum atomic E-state index is -0.0815. The summed E-state index contributed by atoms with van der Waals surface area (Å²) in [5.74, 6) is 3.55. The van der Waals surface area contributed by atoms with E-state index < -0.39 is 0 Å². The summed E-state index contributed by atoms with van der Waals surface area (Å²) in [5, 5.41) is 0. The molecular weight excluding hydrogens is 284 g/mol. The van der Waals surface area contributed by atoms with Gasteiger partial charge in [-0.05, 0) is 80.5 Å². The van der Waals surface area contributed by atoms with Gasteiger partial charge < -0.3 is 4.74 Å². The van der Waals surface area contributed by atoms with Gasteiger partial charge in [0.25, 0.3) is 0 Å². The molecule has 4 rings (SSSR count). The predicted octanol–water partition coefficient (Wildman–Crippen LogP) is 5.35. The monoisotopic (exact) mass is 318 g/mol. The molecule has 0 aliphatic heterocycles. The van der Waals surface area contributed by atoms with Gasteiger partial charge in [-0.3, -0.25) is 4.79 Å². The van der Waals surface area contributed by atoms with Crippen LogP contribution >= 0.6 is 0 Å². The van der Waals surface area contributed by atoms with Crippen molar-refractivity contribution in [1.82, 2.24) is 0 Å². The molecule has 0 aromatic heterocycles. The average molecular weight is 319 g/mol. The van der Waals surface area contributed by atoms with Gasteiger partial charge in [0.1, 0.15) is 6.10 Å². The first-order chi connectivity index (χ1) is 10.9. The lowest BCUT2D eigenvalue weighted by Crippen LogP contribution is -2.53. The van der Waals surface area contributed by atoms with Crippen LogP contribution in [-0.4, -0.2) is 12.1 Å². The molecule has 2 unspecified atom stereocenters. The second kappa shape index (κ2) is 5.49. The standard InChI is InChI=1S/C21H34O2/c1-14(22)23-19-10-9-17-16-8-7-15-6-4-5-12-20(15,2)18(16)11-13-21(17,19)3/h15-19H,4-13H2,1-3H3/t15?,16-,17-,18+,19?,20-,21-/m0/s1. The Morgan fingerprint density at radius 2 is 1.65 bits per heavy atom. The van der Waals surface area contributed by atoms with Crippen molar-refractivity contribution in [3.8, 4) is 0 Å². The van der Waals surface area contributed by atoms with Crippen molar-refractivity contribution in [3.63, 3.8) is 0 Å². The maximum Gasteiger partial charge on any atom is 0.302 e. The Bertz CT molecular complexity index is 486. The van der Waals surface area contributed by atoms with Crippen molar-refractivity contribution in [2.45, 2.75) is 91.1 Å². The van der Waals surface area contributed by atoms with E-state index in [9.17, 15) is 4.79 Å². The Kier molecular flexibility index (Phi) is 3.81. The SMILES string of the molecule is CC(=O)OC1CC[C@H]2[C@@H]3CCC4CCCC[C@]4(C)[C@@H]3CC[C@]12C. The third-order valence-electron chi connectivity index (χ3n) is 8.80.